The molecular weight excluding hydrogens is 349 g/mol. The van der Waals surface area contributed by atoms with Gasteiger partial charge in [-0.1, -0.05) is 12.1 Å². The predicted molar refractivity (Wildman–Crippen MR) is 96.7 cm³/mol. The van der Waals surface area contributed by atoms with Crippen LogP contribution < -0.4 is 15.5 Å². The van der Waals surface area contributed by atoms with E-state index in [0.717, 1.165) is 23.1 Å². The third-order valence-corrected chi connectivity index (χ3v) is 4.65. The first-order valence-electron chi connectivity index (χ1n) is 8.59. The maximum atomic E-state index is 12.2. The summed E-state index contributed by atoms with van der Waals surface area (Å²) in [5.74, 6) is 0.354. The summed E-state index contributed by atoms with van der Waals surface area (Å²) in [6.45, 7) is 2.05. The fraction of sp³-hybridized carbons (Fsp3) is 0.278. The van der Waals surface area contributed by atoms with Crippen molar-refractivity contribution in [2.45, 2.75) is 26.0 Å². The van der Waals surface area contributed by atoms with E-state index in [1.807, 2.05) is 19.1 Å². The first-order chi connectivity index (χ1) is 13.1. The number of carbonyl (C=O) groups excluding carboxylic acids is 1. The molecule has 4 rings (SSSR count). The highest BCUT2D eigenvalue weighted by molar-refractivity contribution is 6.62. The Morgan fingerprint density at radius 1 is 1.41 bits per heavy atom. The third-order valence-electron chi connectivity index (χ3n) is 4.65. The fourth-order valence-corrected chi connectivity index (χ4v) is 3.03. The number of carbonyl (C=O) groups is 1. The Balaban J connectivity index is 1.46. The number of aromatic nitrogens is 2. The summed E-state index contributed by atoms with van der Waals surface area (Å²) < 4.78 is 11.0. The number of fused-ring (bicyclic) bond motifs is 1. The molecule has 2 aliphatic rings. The molecule has 0 bridgehead atoms. The highest BCUT2D eigenvalue weighted by Gasteiger charge is 2.30. The molecule has 0 spiro atoms. The van der Waals surface area contributed by atoms with Crippen molar-refractivity contribution in [1.82, 2.24) is 15.3 Å². The molecule has 27 heavy (non-hydrogen) atoms. The molecule has 2 heterocycles. The highest BCUT2D eigenvalue weighted by atomic mass is 16.5. The van der Waals surface area contributed by atoms with Crippen molar-refractivity contribution in [3.63, 3.8) is 0 Å². The van der Waals surface area contributed by atoms with Gasteiger partial charge < -0.3 is 24.8 Å². The molecule has 8 nitrogen and oxygen atoms in total. The number of nitrogens with zero attached hydrogens (tertiary/aromatic N) is 2. The van der Waals surface area contributed by atoms with Gasteiger partial charge in [-0.25, -0.2) is 9.97 Å². The molecule has 9 heteroatoms. The molecule has 1 aromatic carbocycles. The normalized spacial score (nSPS) is 15.8. The Morgan fingerprint density at radius 3 is 2.89 bits per heavy atom. The third kappa shape index (κ3) is 3.57. The molecule has 0 saturated heterocycles. The maximum Gasteiger partial charge on any atom is 0.492 e. The fourth-order valence-electron chi connectivity index (χ4n) is 3.03. The second kappa shape index (κ2) is 7.11. The number of aliphatic hydroxyl groups is 1. The summed E-state index contributed by atoms with van der Waals surface area (Å²) in [4.78, 5) is 20.4. The Bertz CT molecular complexity index is 916. The quantitative estimate of drug-likeness (QED) is 0.494. The number of hydrogen-bond acceptors (Lipinski definition) is 7. The van der Waals surface area contributed by atoms with Crippen molar-refractivity contribution >= 4 is 18.5 Å². The smallest absolute Gasteiger partial charge is 0.437 e. The molecule has 1 atom stereocenters. The molecule has 0 fully saturated rings. The van der Waals surface area contributed by atoms with Gasteiger partial charge >= 0.3 is 7.12 Å². The Morgan fingerprint density at radius 2 is 2.22 bits per heavy atom. The van der Waals surface area contributed by atoms with Crippen LogP contribution in [0.3, 0.4) is 0 Å². The minimum absolute atomic E-state index is 0.136. The number of nitrogens with one attached hydrogen (secondary N) is 1. The van der Waals surface area contributed by atoms with E-state index in [-0.39, 0.29) is 24.2 Å². The molecule has 0 saturated carbocycles. The van der Waals surface area contributed by atoms with Gasteiger partial charge in [0.05, 0.1) is 31.6 Å². The van der Waals surface area contributed by atoms with Gasteiger partial charge in [0, 0.05) is 0 Å². The van der Waals surface area contributed by atoms with Gasteiger partial charge in [-0.2, -0.15) is 0 Å². The van der Waals surface area contributed by atoms with Crippen LogP contribution in [0.4, 0.5) is 0 Å². The predicted octanol–water partition coefficient (Wildman–Crippen LogP) is 0.216. The summed E-state index contributed by atoms with van der Waals surface area (Å²) in [6.07, 6.45) is 5.44. The number of ether oxygens (including phenoxy) is 1. The molecular formula is C18H18BN3O5. The van der Waals surface area contributed by atoms with Crippen LogP contribution in [0.1, 0.15) is 28.0 Å². The van der Waals surface area contributed by atoms with Crippen LogP contribution in [-0.4, -0.2) is 45.8 Å². The molecule has 138 valence electrons. The van der Waals surface area contributed by atoms with E-state index >= 15 is 0 Å². The SMILES string of the molecule is Cc1c(Oc2cnc(C(=O)N[C@H](CO)C3=CC3)cn2)ccc2c1B(O)OC2. The Hall–Kier alpha value is -2.75. The van der Waals surface area contributed by atoms with Crippen LogP contribution in [-0.2, 0) is 11.3 Å². The first-order valence-corrected chi connectivity index (χ1v) is 8.59. The molecule has 1 aliphatic carbocycles. The van der Waals surface area contributed by atoms with Crippen LogP contribution in [0.25, 0.3) is 0 Å². The lowest BCUT2D eigenvalue weighted by molar-refractivity contribution is 0.0922. The Kier molecular flexibility index (Phi) is 4.65. The lowest BCUT2D eigenvalue weighted by Gasteiger charge is -2.13. The second-order valence-electron chi connectivity index (χ2n) is 6.46. The van der Waals surface area contributed by atoms with Gasteiger partial charge in [0.15, 0.2) is 0 Å². The zero-order chi connectivity index (χ0) is 19.0. The first kappa shape index (κ1) is 17.7. The summed E-state index contributed by atoms with van der Waals surface area (Å²) in [6, 6.07) is 3.25. The van der Waals surface area contributed by atoms with Gasteiger partial charge in [0.25, 0.3) is 5.91 Å². The number of hydrogen-bond donors (Lipinski definition) is 3. The number of amides is 1. The van der Waals surface area contributed by atoms with Crippen LogP contribution in [0, 0.1) is 6.92 Å². The molecule has 1 aromatic heterocycles. The number of rotatable bonds is 6. The molecule has 0 radical (unpaired) electrons. The zero-order valence-electron chi connectivity index (χ0n) is 14.7. The maximum absolute atomic E-state index is 12.2. The Labute approximate surface area is 156 Å². The standard InChI is InChI=1S/C18H18BN3O5/c1-10-15(5-4-12-9-26-19(25)17(10)12)27-16-7-20-13(6-21-16)18(24)22-14(8-23)11-2-3-11/h2,4-7,14,23,25H,3,8-9H2,1H3,(H,22,24)/t14-/m1/s1. The van der Waals surface area contributed by atoms with Crippen LogP contribution in [0.2, 0.25) is 0 Å². The number of benzene rings is 1. The lowest BCUT2D eigenvalue weighted by atomic mass is 9.76. The van der Waals surface area contributed by atoms with E-state index in [1.165, 1.54) is 12.4 Å². The highest BCUT2D eigenvalue weighted by Crippen LogP contribution is 2.26. The minimum atomic E-state index is -0.957. The summed E-state index contributed by atoms with van der Waals surface area (Å²) in [5, 5.41) is 21.9. The van der Waals surface area contributed by atoms with E-state index in [4.69, 9.17) is 9.39 Å². The van der Waals surface area contributed by atoms with Crippen molar-refractivity contribution < 1.29 is 24.3 Å². The van der Waals surface area contributed by atoms with Gasteiger partial charge in [-0.15, -0.1) is 0 Å². The van der Waals surface area contributed by atoms with E-state index in [0.29, 0.717) is 17.8 Å². The second-order valence-corrected chi connectivity index (χ2v) is 6.46. The van der Waals surface area contributed by atoms with E-state index < -0.39 is 13.0 Å². The van der Waals surface area contributed by atoms with Crippen LogP contribution in [0.5, 0.6) is 11.6 Å². The van der Waals surface area contributed by atoms with E-state index in [2.05, 4.69) is 15.3 Å². The zero-order valence-corrected chi connectivity index (χ0v) is 14.7. The van der Waals surface area contributed by atoms with E-state index in [1.54, 1.807) is 6.07 Å². The van der Waals surface area contributed by atoms with E-state index in [9.17, 15) is 14.9 Å². The molecule has 1 amide bonds. The number of aliphatic hydroxyl groups excluding tert-OH is 1. The summed E-state index contributed by atoms with van der Waals surface area (Å²) in [5.41, 5.74) is 3.55. The van der Waals surface area contributed by atoms with Crippen molar-refractivity contribution in [1.29, 1.82) is 0 Å². The topological polar surface area (TPSA) is 114 Å². The van der Waals surface area contributed by atoms with Crippen LogP contribution in [0.15, 0.2) is 36.2 Å². The lowest BCUT2D eigenvalue weighted by Crippen LogP contribution is -2.37. The molecule has 1 aliphatic heterocycles. The number of allylic oxidation sites excluding steroid dienone is 1. The van der Waals surface area contributed by atoms with Crippen molar-refractivity contribution in [2.75, 3.05) is 6.61 Å². The molecule has 3 N–H and O–H groups in total. The summed E-state index contributed by atoms with van der Waals surface area (Å²) in [7, 11) is -0.957. The van der Waals surface area contributed by atoms with Crippen molar-refractivity contribution in [2.24, 2.45) is 0 Å². The largest absolute Gasteiger partial charge is 0.492 e. The van der Waals surface area contributed by atoms with Gasteiger partial charge in [0.1, 0.15) is 11.4 Å². The molecule has 2 aromatic rings. The average Bonchev–Trinajstić information content (AvgIpc) is 3.45. The van der Waals surface area contributed by atoms with Crippen molar-refractivity contribution in [3.8, 4) is 11.6 Å². The van der Waals surface area contributed by atoms with Gasteiger partial charge in [-0.05, 0) is 41.6 Å². The molecule has 0 unspecified atom stereocenters. The van der Waals surface area contributed by atoms with Crippen molar-refractivity contribution in [3.05, 3.63) is 53.0 Å². The monoisotopic (exact) mass is 367 g/mol. The summed E-state index contributed by atoms with van der Waals surface area (Å²) >= 11 is 0. The van der Waals surface area contributed by atoms with Gasteiger partial charge in [0.2, 0.25) is 5.88 Å². The minimum Gasteiger partial charge on any atom is -0.437 e. The van der Waals surface area contributed by atoms with Gasteiger partial charge in [-0.3, -0.25) is 4.79 Å². The average molecular weight is 367 g/mol. The van der Waals surface area contributed by atoms with Crippen LogP contribution >= 0.6 is 0 Å².